The highest BCUT2D eigenvalue weighted by Gasteiger charge is 2.14. The van der Waals surface area contributed by atoms with Gasteiger partial charge in [-0.2, -0.15) is 0 Å². The van der Waals surface area contributed by atoms with E-state index in [1.807, 2.05) is 12.1 Å². The lowest BCUT2D eigenvalue weighted by molar-refractivity contribution is 1.44. The number of hydrogen-bond acceptors (Lipinski definition) is 0. The smallest absolute Gasteiger partial charge is 0.0595 e. The van der Waals surface area contributed by atoms with Gasteiger partial charge in [-0.3, -0.25) is 0 Å². The number of benzene rings is 4. The largest absolute Gasteiger partial charge is 0.0876 e. The van der Waals surface area contributed by atoms with Gasteiger partial charge in [-0.25, -0.2) is 0 Å². The molecule has 0 radical (unpaired) electrons. The summed E-state index contributed by atoms with van der Waals surface area (Å²) in [5, 5.41) is 6.22. The molecule has 0 N–H and O–H groups in total. The Kier molecular flexibility index (Phi) is 8.77. The van der Waals surface area contributed by atoms with E-state index in [1.165, 1.54) is 15.9 Å². The van der Waals surface area contributed by atoms with E-state index in [0.717, 1.165) is 10.9 Å². The van der Waals surface area contributed by atoms with Gasteiger partial charge < -0.3 is 0 Å². The van der Waals surface area contributed by atoms with Gasteiger partial charge in [-0.1, -0.05) is 136 Å². The van der Waals surface area contributed by atoms with Crippen LogP contribution in [0.15, 0.2) is 109 Å². The zero-order valence-corrected chi connectivity index (χ0v) is 19.7. The maximum atomic E-state index is 5.74. The molecule has 0 nitrogen and oxygen atoms in total. The van der Waals surface area contributed by atoms with E-state index < -0.39 is 7.92 Å². The van der Waals surface area contributed by atoms with Gasteiger partial charge in [0.1, 0.15) is 0 Å². The van der Waals surface area contributed by atoms with Crippen LogP contribution in [0.5, 0.6) is 0 Å². The predicted molar refractivity (Wildman–Crippen MR) is 134 cm³/mol. The van der Waals surface area contributed by atoms with E-state index in [-0.39, 0.29) is 0 Å². The number of halogens is 3. The minimum atomic E-state index is -0.446. The molecular formula is C25H20BrCl2P. The molecule has 4 aromatic rings. The maximum absolute atomic E-state index is 5.74. The molecule has 0 aliphatic carbocycles. The van der Waals surface area contributed by atoms with Crippen molar-refractivity contribution in [2.24, 2.45) is 0 Å². The van der Waals surface area contributed by atoms with Crippen LogP contribution in [-0.4, -0.2) is 0 Å². The summed E-state index contributed by atoms with van der Waals surface area (Å²) in [5.74, 6) is 0. The predicted octanol–water partition coefficient (Wildman–Crippen LogP) is 7.33. The second-order valence-corrected chi connectivity index (χ2v) is 9.82. The lowest BCUT2D eigenvalue weighted by Crippen LogP contribution is -2.20. The standard InChI is InChI=1S/C18H15P.C7H5BrCl2/c1-4-10-16(11-5-1)19(17-12-6-2-7-13-17)18-14-8-3-9-15-18;8-4-5-1-2-6(9)7(10)3-5/h1-15H;1-3H,4H2. The first-order valence-corrected chi connectivity index (χ1v) is 12.4. The number of alkyl halides is 1. The van der Waals surface area contributed by atoms with Crippen molar-refractivity contribution in [1.29, 1.82) is 0 Å². The zero-order valence-electron chi connectivity index (χ0n) is 15.7. The minimum absolute atomic E-state index is 0.446. The van der Waals surface area contributed by atoms with E-state index in [9.17, 15) is 0 Å². The summed E-state index contributed by atoms with van der Waals surface area (Å²) in [7, 11) is -0.446. The Morgan fingerprint density at radius 3 is 1.31 bits per heavy atom. The van der Waals surface area contributed by atoms with E-state index >= 15 is 0 Å². The fourth-order valence-electron chi connectivity index (χ4n) is 2.80. The third-order valence-corrected chi connectivity index (χ3v) is 8.01. The van der Waals surface area contributed by atoms with Gasteiger partial charge in [0.2, 0.25) is 0 Å². The normalized spacial score (nSPS) is 10.3. The molecule has 0 heterocycles. The van der Waals surface area contributed by atoms with Crippen molar-refractivity contribution in [3.63, 3.8) is 0 Å². The van der Waals surface area contributed by atoms with Gasteiger partial charge in [0.15, 0.2) is 0 Å². The van der Waals surface area contributed by atoms with Crippen LogP contribution in [0.1, 0.15) is 5.56 Å². The molecule has 0 aliphatic rings. The average molecular weight is 502 g/mol. The Balaban J connectivity index is 0.000000204. The fraction of sp³-hybridized carbons (Fsp3) is 0.0400. The van der Waals surface area contributed by atoms with E-state index in [1.54, 1.807) is 6.07 Å². The molecule has 0 fully saturated rings. The lowest BCUT2D eigenvalue weighted by Gasteiger charge is -2.18. The molecule has 0 bridgehead atoms. The highest BCUT2D eigenvalue weighted by Crippen LogP contribution is 2.32. The molecule has 0 unspecified atom stereocenters. The van der Waals surface area contributed by atoms with Crippen molar-refractivity contribution < 1.29 is 0 Å². The number of rotatable bonds is 4. The molecule has 4 aromatic carbocycles. The van der Waals surface area contributed by atoms with Gasteiger partial charge in [0.05, 0.1) is 10.0 Å². The quantitative estimate of drug-likeness (QED) is 0.203. The Bertz CT molecular complexity index is 915. The zero-order chi connectivity index (χ0) is 20.5. The summed E-state index contributed by atoms with van der Waals surface area (Å²) in [5.41, 5.74) is 1.13. The van der Waals surface area contributed by atoms with Gasteiger partial charge in [-0.15, -0.1) is 0 Å². The van der Waals surface area contributed by atoms with Crippen molar-refractivity contribution in [3.8, 4) is 0 Å². The van der Waals surface area contributed by atoms with Crippen LogP contribution >= 0.6 is 47.1 Å². The van der Waals surface area contributed by atoms with Crippen LogP contribution in [0, 0.1) is 0 Å². The number of hydrogen-bond donors (Lipinski definition) is 0. The summed E-state index contributed by atoms with van der Waals surface area (Å²) in [6.45, 7) is 0. The second kappa shape index (κ2) is 11.5. The van der Waals surface area contributed by atoms with Crippen molar-refractivity contribution in [2.75, 3.05) is 0 Å². The maximum Gasteiger partial charge on any atom is 0.0595 e. The van der Waals surface area contributed by atoms with Gasteiger partial charge in [-0.05, 0) is 41.5 Å². The lowest BCUT2D eigenvalue weighted by atomic mass is 10.2. The first kappa shape index (κ1) is 22.1. The van der Waals surface area contributed by atoms with Crippen LogP contribution in [0.2, 0.25) is 10.0 Å². The molecule has 146 valence electrons. The van der Waals surface area contributed by atoms with Crippen molar-refractivity contribution in [2.45, 2.75) is 5.33 Å². The molecule has 0 atom stereocenters. The summed E-state index contributed by atoms with van der Waals surface area (Å²) in [6, 6.07) is 37.9. The van der Waals surface area contributed by atoms with Gasteiger partial charge in [0.25, 0.3) is 0 Å². The third kappa shape index (κ3) is 6.43. The van der Waals surface area contributed by atoms with Gasteiger partial charge >= 0.3 is 0 Å². The topological polar surface area (TPSA) is 0 Å². The third-order valence-electron chi connectivity index (χ3n) is 4.18. The molecule has 0 aliphatic heterocycles. The van der Waals surface area contributed by atoms with E-state index in [0.29, 0.717) is 10.0 Å². The molecule has 0 aromatic heterocycles. The van der Waals surface area contributed by atoms with Crippen LogP contribution in [0.4, 0.5) is 0 Å². The second-order valence-electron chi connectivity index (χ2n) is 6.22. The first-order chi connectivity index (χ1) is 14.2. The van der Waals surface area contributed by atoms with Crippen molar-refractivity contribution >= 4 is 63.0 Å². The Labute approximate surface area is 192 Å². The Morgan fingerprint density at radius 2 is 0.966 bits per heavy atom. The SMILES string of the molecule is Clc1ccc(CBr)cc1Cl.c1ccc(P(c2ccccc2)c2ccccc2)cc1. The molecule has 0 saturated carbocycles. The minimum Gasteiger partial charge on any atom is -0.0876 e. The molecule has 0 saturated heterocycles. The van der Waals surface area contributed by atoms with Crippen LogP contribution in [0.3, 0.4) is 0 Å². The fourth-order valence-corrected chi connectivity index (χ4v) is 5.78. The van der Waals surface area contributed by atoms with Crippen LogP contribution in [-0.2, 0) is 5.33 Å². The van der Waals surface area contributed by atoms with E-state index in [4.69, 9.17) is 23.2 Å². The molecule has 4 heteroatoms. The molecular weight excluding hydrogens is 482 g/mol. The molecule has 0 spiro atoms. The highest BCUT2D eigenvalue weighted by atomic mass is 79.9. The highest BCUT2D eigenvalue weighted by molar-refractivity contribution is 9.08. The van der Waals surface area contributed by atoms with E-state index in [2.05, 4.69) is 107 Å². The Morgan fingerprint density at radius 1 is 0.552 bits per heavy atom. The summed E-state index contributed by atoms with van der Waals surface area (Å²) >= 11 is 14.7. The molecule has 4 rings (SSSR count). The summed E-state index contributed by atoms with van der Waals surface area (Å²) in [6.07, 6.45) is 0. The first-order valence-electron chi connectivity index (χ1n) is 9.14. The average Bonchev–Trinajstić information content (AvgIpc) is 2.79. The monoisotopic (exact) mass is 500 g/mol. The van der Waals surface area contributed by atoms with Crippen molar-refractivity contribution in [3.05, 3.63) is 125 Å². The summed E-state index contributed by atoms with van der Waals surface area (Å²) in [4.78, 5) is 0. The van der Waals surface area contributed by atoms with Crippen LogP contribution < -0.4 is 15.9 Å². The molecule has 0 amide bonds. The van der Waals surface area contributed by atoms with Crippen molar-refractivity contribution in [1.82, 2.24) is 0 Å². The molecule has 29 heavy (non-hydrogen) atoms. The van der Waals surface area contributed by atoms with Gasteiger partial charge in [0, 0.05) is 5.33 Å². The summed E-state index contributed by atoms with van der Waals surface area (Å²) < 4.78 is 0. The Hall–Kier alpha value is -1.63. The van der Waals surface area contributed by atoms with Crippen LogP contribution in [0.25, 0.3) is 0 Å².